The molecule has 0 bridgehead atoms. The van der Waals surface area contributed by atoms with Crippen LogP contribution in [0.2, 0.25) is 5.02 Å². The van der Waals surface area contributed by atoms with Crippen LogP contribution in [0.15, 0.2) is 52.4 Å². The van der Waals surface area contributed by atoms with E-state index >= 15 is 0 Å². The highest BCUT2D eigenvalue weighted by Gasteiger charge is 2.26. The zero-order valence-electron chi connectivity index (χ0n) is 15.2. The van der Waals surface area contributed by atoms with Crippen LogP contribution in [0.1, 0.15) is 18.1 Å². The van der Waals surface area contributed by atoms with Gasteiger partial charge in [-0.15, -0.1) is 0 Å². The summed E-state index contributed by atoms with van der Waals surface area (Å²) in [5.74, 6) is -1.37. The van der Waals surface area contributed by atoms with E-state index in [1.165, 1.54) is 20.1 Å². The van der Waals surface area contributed by atoms with Crippen molar-refractivity contribution in [3.63, 3.8) is 0 Å². The smallest absolute Gasteiger partial charge is 0.338 e. The second-order valence-corrected chi connectivity index (χ2v) is 6.51. The number of aliphatic imine (C=N–C) groups is 2. The first-order valence-electron chi connectivity index (χ1n) is 8.42. The van der Waals surface area contributed by atoms with E-state index in [1.807, 2.05) is 0 Å². The number of amidine groups is 1. The molecule has 0 aliphatic carbocycles. The van der Waals surface area contributed by atoms with Crippen molar-refractivity contribution >= 4 is 40.6 Å². The van der Waals surface area contributed by atoms with Crippen LogP contribution in [0.4, 0.5) is 10.1 Å². The molecule has 1 atom stereocenters. The molecule has 0 amide bonds. The van der Waals surface area contributed by atoms with Crippen molar-refractivity contribution in [2.45, 2.75) is 13.0 Å². The first-order valence-corrected chi connectivity index (χ1v) is 8.79. The maximum atomic E-state index is 14.4. The number of methoxy groups -OCH3 is 1. The standard InChI is InChI=1S/C20H17ClFN3O3/c1-11(26)18(20(27)28-2)25-17-10-23-19(13-5-3-4-6-15(13)22)14-9-12(21)7-8-16(14)24-17/h3-9,18H,10H2,1-2H3,(H,24,25). The lowest BCUT2D eigenvalue weighted by molar-refractivity contribution is -0.144. The van der Waals surface area contributed by atoms with E-state index < -0.39 is 23.6 Å². The van der Waals surface area contributed by atoms with Crippen LogP contribution in [-0.2, 0) is 14.3 Å². The normalized spacial score (nSPS) is 15.7. The number of ketones is 1. The van der Waals surface area contributed by atoms with E-state index in [2.05, 4.69) is 20.0 Å². The number of esters is 1. The van der Waals surface area contributed by atoms with Gasteiger partial charge in [-0.3, -0.25) is 9.79 Å². The molecule has 6 nitrogen and oxygen atoms in total. The van der Waals surface area contributed by atoms with E-state index in [-0.39, 0.29) is 12.4 Å². The number of nitrogens with zero attached hydrogens (tertiary/aromatic N) is 2. The third-order valence-electron chi connectivity index (χ3n) is 4.13. The van der Waals surface area contributed by atoms with Gasteiger partial charge in [-0.2, -0.15) is 0 Å². The molecule has 0 saturated carbocycles. The molecule has 1 N–H and O–H groups in total. The molecule has 1 unspecified atom stereocenters. The topological polar surface area (TPSA) is 80.1 Å². The molecular weight excluding hydrogens is 385 g/mol. The Morgan fingerprint density at radius 1 is 1.25 bits per heavy atom. The zero-order chi connectivity index (χ0) is 20.3. The molecule has 0 spiro atoms. The summed E-state index contributed by atoms with van der Waals surface area (Å²) in [5, 5.41) is 3.52. The Kier molecular flexibility index (Phi) is 5.84. The second-order valence-electron chi connectivity index (χ2n) is 6.07. The molecule has 28 heavy (non-hydrogen) atoms. The predicted octanol–water partition coefficient (Wildman–Crippen LogP) is 3.27. The van der Waals surface area contributed by atoms with E-state index in [4.69, 9.17) is 11.6 Å². The van der Waals surface area contributed by atoms with Gasteiger partial charge in [0.25, 0.3) is 0 Å². The summed E-state index contributed by atoms with van der Waals surface area (Å²) in [6.45, 7) is 1.26. The van der Waals surface area contributed by atoms with Crippen molar-refractivity contribution in [1.29, 1.82) is 0 Å². The average molecular weight is 402 g/mol. The fraction of sp³-hybridized carbons (Fsp3) is 0.200. The number of rotatable bonds is 4. The van der Waals surface area contributed by atoms with E-state index in [9.17, 15) is 14.0 Å². The second kappa shape index (κ2) is 8.31. The minimum atomic E-state index is -1.30. The Bertz CT molecular complexity index is 1000. The van der Waals surface area contributed by atoms with Crippen LogP contribution in [-0.4, -0.2) is 43.0 Å². The average Bonchev–Trinajstić information content (AvgIpc) is 2.84. The fourth-order valence-corrected chi connectivity index (χ4v) is 2.96. The quantitative estimate of drug-likeness (QED) is 0.629. The first-order chi connectivity index (χ1) is 13.4. The number of anilines is 1. The summed E-state index contributed by atoms with van der Waals surface area (Å²) in [7, 11) is 1.19. The minimum Gasteiger partial charge on any atom is -0.467 e. The summed E-state index contributed by atoms with van der Waals surface area (Å²) in [4.78, 5) is 32.3. The highest BCUT2D eigenvalue weighted by molar-refractivity contribution is 6.32. The lowest BCUT2D eigenvalue weighted by atomic mass is 10.00. The van der Waals surface area contributed by atoms with Gasteiger partial charge < -0.3 is 10.1 Å². The van der Waals surface area contributed by atoms with E-state index in [1.54, 1.807) is 36.4 Å². The van der Waals surface area contributed by atoms with Gasteiger partial charge in [-0.05, 0) is 37.3 Å². The molecule has 0 radical (unpaired) electrons. The Morgan fingerprint density at radius 2 is 2.00 bits per heavy atom. The van der Waals surface area contributed by atoms with Crippen molar-refractivity contribution in [3.8, 4) is 0 Å². The number of ether oxygens (including phenoxy) is 1. The number of nitrogens with one attached hydrogen (secondary N) is 1. The van der Waals surface area contributed by atoms with Gasteiger partial charge in [0, 0.05) is 21.8 Å². The number of carbonyl (C=O) groups is 2. The van der Waals surface area contributed by atoms with Gasteiger partial charge >= 0.3 is 5.97 Å². The number of fused-ring (bicyclic) bond motifs is 1. The molecule has 2 aromatic rings. The highest BCUT2D eigenvalue weighted by atomic mass is 35.5. The van der Waals surface area contributed by atoms with Gasteiger partial charge in [0.15, 0.2) is 5.78 Å². The number of benzodiazepines with no additional fused rings is 1. The molecule has 0 saturated heterocycles. The highest BCUT2D eigenvalue weighted by Crippen LogP contribution is 2.27. The molecule has 1 aliphatic rings. The minimum absolute atomic E-state index is 0.0107. The fourth-order valence-electron chi connectivity index (χ4n) is 2.79. The van der Waals surface area contributed by atoms with Crippen LogP contribution >= 0.6 is 11.6 Å². The van der Waals surface area contributed by atoms with Gasteiger partial charge in [0.1, 0.15) is 11.7 Å². The number of hydrogen-bond acceptors (Lipinski definition) is 5. The lowest BCUT2D eigenvalue weighted by Gasteiger charge is -2.13. The molecule has 144 valence electrons. The van der Waals surface area contributed by atoms with Crippen LogP contribution < -0.4 is 5.32 Å². The number of halogens is 2. The lowest BCUT2D eigenvalue weighted by Crippen LogP contribution is -2.31. The molecule has 1 heterocycles. The molecular formula is C20H17ClFN3O3. The van der Waals surface area contributed by atoms with Crippen LogP contribution in [0.5, 0.6) is 0 Å². The van der Waals surface area contributed by atoms with Gasteiger partial charge in [-0.25, -0.2) is 14.2 Å². The summed E-state index contributed by atoms with van der Waals surface area (Å²) < 4.78 is 19.0. The van der Waals surface area contributed by atoms with Gasteiger partial charge in [-0.1, -0.05) is 23.7 Å². The maximum Gasteiger partial charge on any atom is 0.338 e. The van der Waals surface area contributed by atoms with Crippen LogP contribution in [0, 0.1) is 5.82 Å². The van der Waals surface area contributed by atoms with Crippen LogP contribution in [0.25, 0.3) is 0 Å². The van der Waals surface area contributed by atoms with Crippen molar-refractivity contribution < 1.29 is 18.7 Å². The molecule has 0 aromatic heterocycles. The maximum absolute atomic E-state index is 14.4. The number of carbonyl (C=O) groups excluding carboxylic acids is 2. The van der Waals surface area contributed by atoms with Crippen molar-refractivity contribution in [2.24, 2.45) is 9.98 Å². The Morgan fingerprint density at radius 3 is 2.68 bits per heavy atom. The Balaban J connectivity index is 2.11. The first kappa shape index (κ1) is 19.7. The number of Topliss-reactive ketones (excluding diaryl/α,β-unsaturated/α-hetero) is 1. The summed E-state index contributed by atoms with van der Waals surface area (Å²) >= 11 is 6.13. The molecule has 8 heteroatoms. The van der Waals surface area contributed by atoms with E-state index in [0.717, 1.165) is 0 Å². The third kappa shape index (κ3) is 4.09. The summed E-state index contributed by atoms with van der Waals surface area (Å²) in [6.07, 6.45) is 0. The number of hydrogen-bond donors (Lipinski definition) is 1. The van der Waals surface area contributed by atoms with Crippen LogP contribution in [0.3, 0.4) is 0 Å². The number of benzene rings is 2. The monoisotopic (exact) mass is 401 g/mol. The molecule has 3 rings (SSSR count). The van der Waals surface area contributed by atoms with E-state index in [0.29, 0.717) is 27.5 Å². The van der Waals surface area contributed by atoms with Gasteiger partial charge in [0.05, 0.1) is 19.4 Å². The molecule has 2 aromatic carbocycles. The van der Waals surface area contributed by atoms with Crippen molar-refractivity contribution in [2.75, 3.05) is 19.0 Å². The predicted molar refractivity (Wildman–Crippen MR) is 106 cm³/mol. The van der Waals surface area contributed by atoms with Crippen molar-refractivity contribution in [1.82, 2.24) is 0 Å². The SMILES string of the molecule is COC(=O)C(N=C1CN=C(c2ccccc2F)c2cc(Cl)ccc2N1)C(C)=O. The summed E-state index contributed by atoms with van der Waals surface area (Å²) in [6, 6.07) is 10.0. The largest absolute Gasteiger partial charge is 0.467 e. The third-order valence-corrected chi connectivity index (χ3v) is 4.36. The summed E-state index contributed by atoms with van der Waals surface area (Å²) in [5.41, 5.74) is 1.87. The van der Waals surface area contributed by atoms with Gasteiger partial charge in [0.2, 0.25) is 6.04 Å². The Labute approximate surface area is 166 Å². The zero-order valence-corrected chi connectivity index (χ0v) is 16.0. The molecule has 1 aliphatic heterocycles. The Hall–Kier alpha value is -3.06. The molecule has 0 fully saturated rings. The van der Waals surface area contributed by atoms with Crippen molar-refractivity contribution in [3.05, 3.63) is 64.4 Å².